The maximum atomic E-state index is 12.0. The van der Waals surface area contributed by atoms with E-state index in [0.717, 1.165) is 16.9 Å². The average Bonchev–Trinajstić information content (AvgIpc) is 2.79. The third-order valence-electron chi connectivity index (χ3n) is 3.99. The van der Waals surface area contributed by atoms with Crippen LogP contribution in [0.15, 0.2) is 24.3 Å². The minimum atomic E-state index is -0.978. The molecule has 0 radical (unpaired) electrons. The summed E-state index contributed by atoms with van der Waals surface area (Å²) in [6.45, 7) is 4.69. The van der Waals surface area contributed by atoms with Gasteiger partial charge >= 0.3 is 12.0 Å². The highest BCUT2D eigenvalue weighted by molar-refractivity contribution is 6.06. The van der Waals surface area contributed by atoms with Crippen molar-refractivity contribution in [1.82, 2.24) is 10.2 Å². The summed E-state index contributed by atoms with van der Waals surface area (Å²) in [5, 5.41) is 5.15. The van der Waals surface area contributed by atoms with Gasteiger partial charge in [-0.3, -0.25) is 19.3 Å². The van der Waals surface area contributed by atoms with E-state index in [4.69, 9.17) is 4.74 Å². The van der Waals surface area contributed by atoms with E-state index in [1.807, 2.05) is 19.1 Å². The van der Waals surface area contributed by atoms with Crippen molar-refractivity contribution in [2.24, 2.45) is 0 Å². The number of amides is 4. The second-order valence-corrected chi connectivity index (χ2v) is 6.52. The lowest BCUT2D eigenvalue weighted by molar-refractivity contribution is -0.147. The Morgan fingerprint density at radius 1 is 1.19 bits per heavy atom. The number of nitrogens with one attached hydrogen (secondary N) is 2. The summed E-state index contributed by atoms with van der Waals surface area (Å²) in [5.41, 5.74) is 0.789. The molecule has 4 amide bonds. The van der Waals surface area contributed by atoms with Crippen molar-refractivity contribution in [1.29, 1.82) is 0 Å². The molecule has 0 saturated carbocycles. The quantitative estimate of drug-likeness (QED) is 0.565. The Balaban J connectivity index is 1.73. The first-order valence-electron chi connectivity index (χ1n) is 8.41. The molecule has 2 N–H and O–H groups in total. The average molecular weight is 361 g/mol. The zero-order valence-corrected chi connectivity index (χ0v) is 15.1. The van der Waals surface area contributed by atoms with Crippen LogP contribution in [0.25, 0.3) is 0 Å². The molecule has 1 aromatic carbocycles. The van der Waals surface area contributed by atoms with Gasteiger partial charge in [0, 0.05) is 12.2 Å². The fraction of sp³-hybridized carbons (Fsp3) is 0.444. The monoisotopic (exact) mass is 361 g/mol. The molecule has 1 aromatic rings. The third kappa shape index (κ3) is 4.81. The number of anilines is 1. The van der Waals surface area contributed by atoms with Crippen LogP contribution < -0.4 is 10.6 Å². The predicted octanol–water partition coefficient (Wildman–Crippen LogP) is 1.45. The summed E-state index contributed by atoms with van der Waals surface area (Å²) in [4.78, 5) is 48.2. The van der Waals surface area contributed by atoms with E-state index in [2.05, 4.69) is 10.6 Å². The van der Waals surface area contributed by atoms with Gasteiger partial charge in [-0.2, -0.15) is 0 Å². The number of ether oxygens (including phenoxy) is 1. The number of esters is 1. The Morgan fingerprint density at radius 3 is 2.38 bits per heavy atom. The highest BCUT2D eigenvalue weighted by Gasteiger charge is 2.44. The first-order valence-corrected chi connectivity index (χ1v) is 8.41. The summed E-state index contributed by atoms with van der Waals surface area (Å²) >= 11 is 0. The van der Waals surface area contributed by atoms with Crippen molar-refractivity contribution in [3.8, 4) is 0 Å². The topological polar surface area (TPSA) is 105 Å². The minimum absolute atomic E-state index is 0.0902. The molecule has 1 saturated heterocycles. The molecule has 0 aliphatic carbocycles. The van der Waals surface area contributed by atoms with Crippen molar-refractivity contribution in [2.75, 3.05) is 18.5 Å². The van der Waals surface area contributed by atoms with Gasteiger partial charge in [-0.15, -0.1) is 0 Å². The van der Waals surface area contributed by atoms with Crippen LogP contribution in [0.5, 0.6) is 0 Å². The number of carbonyl (C=O) groups excluding carboxylic acids is 4. The van der Waals surface area contributed by atoms with Crippen LogP contribution in [0, 0.1) is 0 Å². The van der Waals surface area contributed by atoms with E-state index in [0.29, 0.717) is 5.69 Å². The zero-order chi connectivity index (χ0) is 19.3. The Labute approximate surface area is 151 Å². The SMILES string of the molecule is CCc1ccc(NC(=O)COC(=O)CCN2C(=O)NC(C)(C)C2=O)cc1. The summed E-state index contributed by atoms with van der Waals surface area (Å²) in [5.74, 6) is -1.52. The van der Waals surface area contributed by atoms with Gasteiger partial charge < -0.3 is 15.4 Å². The van der Waals surface area contributed by atoms with E-state index in [-0.39, 0.29) is 13.0 Å². The van der Waals surface area contributed by atoms with E-state index in [9.17, 15) is 19.2 Å². The molecular formula is C18H23N3O5. The molecule has 0 unspecified atom stereocenters. The second kappa shape index (κ2) is 7.99. The maximum Gasteiger partial charge on any atom is 0.325 e. The summed E-state index contributed by atoms with van der Waals surface area (Å²) in [6, 6.07) is 6.82. The van der Waals surface area contributed by atoms with Crippen LogP contribution in [0.2, 0.25) is 0 Å². The van der Waals surface area contributed by atoms with Crippen LogP contribution in [0.1, 0.15) is 32.8 Å². The minimum Gasteiger partial charge on any atom is -0.456 e. The van der Waals surface area contributed by atoms with E-state index < -0.39 is 36.0 Å². The second-order valence-electron chi connectivity index (χ2n) is 6.52. The molecule has 0 aromatic heterocycles. The molecule has 8 heteroatoms. The maximum absolute atomic E-state index is 12.0. The fourth-order valence-electron chi connectivity index (χ4n) is 2.46. The van der Waals surface area contributed by atoms with Crippen LogP contribution in [-0.2, 0) is 25.5 Å². The summed E-state index contributed by atoms with van der Waals surface area (Å²) in [7, 11) is 0. The van der Waals surface area contributed by atoms with Gasteiger partial charge in [-0.05, 0) is 38.0 Å². The molecule has 1 aliphatic heterocycles. The molecule has 2 rings (SSSR count). The van der Waals surface area contributed by atoms with Gasteiger partial charge in [0.15, 0.2) is 6.61 Å². The molecular weight excluding hydrogens is 338 g/mol. The highest BCUT2D eigenvalue weighted by Crippen LogP contribution is 2.16. The summed E-state index contributed by atoms with van der Waals surface area (Å²) < 4.78 is 4.88. The first kappa shape index (κ1) is 19.4. The van der Waals surface area contributed by atoms with Gasteiger partial charge in [0.05, 0.1) is 6.42 Å². The Bertz CT molecular complexity index is 712. The molecule has 140 valence electrons. The number of nitrogens with zero attached hydrogens (tertiary/aromatic N) is 1. The van der Waals surface area contributed by atoms with Crippen molar-refractivity contribution in [2.45, 2.75) is 39.2 Å². The molecule has 0 bridgehead atoms. The van der Waals surface area contributed by atoms with Gasteiger partial charge in [0.1, 0.15) is 5.54 Å². The van der Waals surface area contributed by atoms with Crippen LogP contribution in [-0.4, -0.2) is 47.4 Å². The number of carbonyl (C=O) groups is 4. The molecule has 1 aliphatic rings. The van der Waals surface area contributed by atoms with Crippen LogP contribution in [0.3, 0.4) is 0 Å². The first-order chi connectivity index (χ1) is 12.2. The van der Waals surface area contributed by atoms with Gasteiger partial charge in [0.2, 0.25) is 0 Å². The number of aryl methyl sites for hydroxylation is 1. The van der Waals surface area contributed by atoms with Gasteiger partial charge in [-0.1, -0.05) is 19.1 Å². The highest BCUT2D eigenvalue weighted by atomic mass is 16.5. The number of hydrogen-bond acceptors (Lipinski definition) is 5. The van der Waals surface area contributed by atoms with Crippen molar-refractivity contribution in [3.05, 3.63) is 29.8 Å². The number of imide groups is 1. The van der Waals surface area contributed by atoms with Crippen LogP contribution in [0.4, 0.5) is 10.5 Å². The Hall–Kier alpha value is -2.90. The Kier molecular flexibility index (Phi) is 5.97. The Morgan fingerprint density at radius 2 is 1.85 bits per heavy atom. The number of rotatable bonds is 7. The smallest absolute Gasteiger partial charge is 0.325 e. The number of benzene rings is 1. The fourth-order valence-corrected chi connectivity index (χ4v) is 2.46. The third-order valence-corrected chi connectivity index (χ3v) is 3.99. The van der Waals surface area contributed by atoms with Crippen molar-refractivity contribution >= 4 is 29.5 Å². The standard InChI is InChI=1S/C18H23N3O5/c1-4-12-5-7-13(8-6-12)19-14(22)11-26-15(23)9-10-21-16(24)18(2,3)20-17(21)25/h5-8H,4,9-11H2,1-3H3,(H,19,22)(H,20,25). The lowest BCUT2D eigenvalue weighted by atomic mass is 10.1. The largest absolute Gasteiger partial charge is 0.456 e. The van der Waals surface area contributed by atoms with Crippen molar-refractivity contribution in [3.63, 3.8) is 0 Å². The number of hydrogen-bond donors (Lipinski definition) is 2. The van der Waals surface area contributed by atoms with Gasteiger partial charge in [-0.25, -0.2) is 4.79 Å². The van der Waals surface area contributed by atoms with E-state index >= 15 is 0 Å². The lowest BCUT2D eigenvalue weighted by Gasteiger charge is -2.15. The van der Waals surface area contributed by atoms with Crippen molar-refractivity contribution < 1.29 is 23.9 Å². The predicted molar refractivity (Wildman–Crippen MR) is 94.3 cm³/mol. The normalized spacial score (nSPS) is 15.6. The molecule has 8 nitrogen and oxygen atoms in total. The molecule has 26 heavy (non-hydrogen) atoms. The van der Waals surface area contributed by atoms with E-state index in [1.165, 1.54) is 0 Å². The molecule has 1 heterocycles. The molecule has 1 fully saturated rings. The number of urea groups is 1. The molecule has 0 spiro atoms. The van der Waals surface area contributed by atoms with E-state index in [1.54, 1.807) is 26.0 Å². The van der Waals surface area contributed by atoms with Gasteiger partial charge in [0.25, 0.3) is 11.8 Å². The molecule has 0 atom stereocenters. The summed E-state index contributed by atoms with van der Waals surface area (Å²) in [6.07, 6.45) is 0.730. The lowest BCUT2D eigenvalue weighted by Crippen LogP contribution is -2.40. The van der Waals surface area contributed by atoms with Crippen LogP contribution >= 0.6 is 0 Å². The zero-order valence-electron chi connectivity index (χ0n) is 15.1.